The lowest BCUT2D eigenvalue weighted by atomic mass is 10.1. The summed E-state index contributed by atoms with van der Waals surface area (Å²) in [7, 11) is 4.07. The second-order valence-corrected chi connectivity index (χ2v) is 9.49. The van der Waals surface area contributed by atoms with Gasteiger partial charge in [-0.05, 0) is 37.8 Å². The Hall–Kier alpha value is -3.03. The summed E-state index contributed by atoms with van der Waals surface area (Å²) in [6, 6.07) is 9.39. The number of unbranched alkanes of at least 4 members (excludes halogenated alkanes) is 9. The summed E-state index contributed by atoms with van der Waals surface area (Å²) in [5.41, 5.74) is 1.64. The quantitative estimate of drug-likeness (QED) is 0.222. The van der Waals surface area contributed by atoms with E-state index in [0.717, 1.165) is 62.3 Å². The van der Waals surface area contributed by atoms with Crippen LogP contribution in [0.25, 0.3) is 0 Å². The van der Waals surface area contributed by atoms with Crippen LogP contribution in [-0.2, 0) is 6.42 Å². The fraction of sp³-hybridized carbons (Fsp3) is 0.607. The number of carbonyl (C=O) groups excluding carboxylic acids is 1. The average Bonchev–Trinajstić information content (AvgIpc) is 2.84. The largest absolute Gasteiger partial charge is 0.494 e. The molecule has 0 aliphatic rings. The van der Waals surface area contributed by atoms with Crippen molar-refractivity contribution in [2.45, 2.75) is 84.0 Å². The van der Waals surface area contributed by atoms with Crippen LogP contribution in [0.1, 0.15) is 83.2 Å². The molecule has 200 valence electrons. The summed E-state index contributed by atoms with van der Waals surface area (Å²) in [6.07, 6.45) is 13.3. The Morgan fingerprint density at radius 2 is 1.67 bits per heavy atom. The molecule has 0 atom stereocenters. The van der Waals surface area contributed by atoms with Crippen molar-refractivity contribution < 1.29 is 9.53 Å². The monoisotopic (exact) mass is 499 g/mol. The van der Waals surface area contributed by atoms with E-state index in [-0.39, 0.29) is 17.5 Å². The molecule has 0 unspecified atom stereocenters. The van der Waals surface area contributed by atoms with Gasteiger partial charge in [0, 0.05) is 44.2 Å². The zero-order valence-electron chi connectivity index (χ0n) is 22.4. The molecule has 0 spiro atoms. The van der Waals surface area contributed by atoms with Gasteiger partial charge in [-0.2, -0.15) is 0 Å². The standard InChI is InChI=1S/C28H45N5O3/c1-4-5-19-29-28(35)32-27-30-23(21-26(34)31-27)16-13-11-9-7-6-8-10-12-14-20-36-25-18-15-17-24(22-25)33(2)3/h15,17-18,21-22H,4-14,16,19-20H2,1-3H3,(H3,29,30,31,32,34,35). The predicted molar refractivity (Wildman–Crippen MR) is 148 cm³/mol. The molecule has 2 amide bonds. The van der Waals surface area contributed by atoms with E-state index in [0.29, 0.717) is 6.54 Å². The first-order valence-electron chi connectivity index (χ1n) is 13.5. The Bertz CT molecular complexity index is 945. The fourth-order valence-electron chi connectivity index (χ4n) is 3.91. The molecule has 2 rings (SSSR count). The number of ether oxygens (including phenoxy) is 1. The van der Waals surface area contributed by atoms with E-state index < -0.39 is 0 Å². The van der Waals surface area contributed by atoms with Crippen molar-refractivity contribution in [1.82, 2.24) is 15.3 Å². The summed E-state index contributed by atoms with van der Waals surface area (Å²) in [6.45, 7) is 3.44. The minimum atomic E-state index is -0.342. The normalized spacial score (nSPS) is 10.8. The van der Waals surface area contributed by atoms with Gasteiger partial charge in [0.1, 0.15) is 5.75 Å². The third kappa shape index (κ3) is 12.6. The SMILES string of the molecule is CCCCNC(=O)Nc1nc(CCCCCCCCCCCOc2cccc(N(C)C)c2)cc(=O)[nH]1. The Labute approximate surface area is 216 Å². The summed E-state index contributed by atoms with van der Waals surface area (Å²) in [4.78, 5) is 32.8. The van der Waals surface area contributed by atoms with Crippen LogP contribution in [0.3, 0.4) is 0 Å². The highest BCUT2D eigenvalue weighted by Gasteiger charge is 2.06. The van der Waals surface area contributed by atoms with Gasteiger partial charge >= 0.3 is 6.03 Å². The van der Waals surface area contributed by atoms with Crippen molar-refractivity contribution in [2.75, 3.05) is 37.5 Å². The van der Waals surface area contributed by atoms with Crippen molar-refractivity contribution in [3.63, 3.8) is 0 Å². The Balaban J connectivity index is 1.49. The molecule has 0 saturated carbocycles. The number of nitrogens with zero attached hydrogens (tertiary/aromatic N) is 2. The highest BCUT2D eigenvalue weighted by Crippen LogP contribution is 2.19. The number of anilines is 2. The van der Waals surface area contributed by atoms with E-state index >= 15 is 0 Å². The first kappa shape index (κ1) is 29.2. The number of benzene rings is 1. The number of amides is 2. The molecule has 0 aliphatic heterocycles. The second-order valence-electron chi connectivity index (χ2n) is 9.49. The molecular formula is C28H45N5O3. The molecule has 8 nitrogen and oxygen atoms in total. The van der Waals surface area contributed by atoms with E-state index in [9.17, 15) is 9.59 Å². The minimum Gasteiger partial charge on any atom is -0.494 e. The number of urea groups is 1. The van der Waals surface area contributed by atoms with Crippen LogP contribution in [0, 0.1) is 0 Å². The number of hydrogen-bond donors (Lipinski definition) is 3. The van der Waals surface area contributed by atoms with Crippen LogP contribution in [0.15, 0.2) is 35.1 Å². The molecule has 1 aromatic carbocycles. The van der Waals surface area contributed by atoms with Gasteiger partial charge in [-0.25, -0.2) is 9.78 Å². The van der Waals surface area contributed by atoms with Crippen molar-refractivity contribution in [3.8, 4) is 5.75 Å². The predicted octanol–water partition coefficient (Wildman–Crippen LogP) is 5.89. The molecule has 3 N–H and O–H groups in total. The topological polar surface area (TPSA) is 99.3 Å². The molecule has 0 bridgehead atoms. The number of aromatic nitrogens is 2. The van der Waals surface area contributed by atoms with Gasteiger partial charge in [-0.15, -0.1) is 0 Å². The first-order valence-corrected chi connectivity index (χ1v) is 13.5. The maximum atomic E-state index is 11.9. The highest BCUT2D eigenvalue weighted by molar-refractivity contribution is 5.87. The van der Waals surface area contributed by atoms with Gasteiger partial charge in [0.05, 0.1) is 6.61 Å². The molecule has 0 saturated heterocycles. The van der Waals surface area contributed by atoms with Crippen molar-refractivity contribution in [3.05, 3.63) is 46.4 Å². The van der Waals surface area contributed by atoms with E-state index in [1.807, 2.05) is 26.2 Å². The Kier molecular flexibility index (Phi) is 14.1. The highest BCUT2D eigenvalue weighted by atomic mass is 16.5. The lowest BCUT2D eigenvalue weighted by Gasteiger charge is -2.14. The number of H-pyrrole nitrogens is 1. The van der Waals surface area contributed by atoms with Gasteiger partial charge in [-0.1, -0.05) is 64.4 Å². The maximum absolute atomic E-state index is 11.9. The number of carbonyl (C=O) groups is 1. The van der Waals surface area contributed by atoms with Crippen LogP contribution < -0.4 is 25.8 Å². The summed E-state index contributed by atoms with van der Waals surface area (Å²) < 4.78 is 5.88. The van der Waals surface area contributed by atoms with Gasteiger partial charge in [0.15, 0.2) is 0 Å². The van der Waals surface area contributed by atoms with E-state index in [2.05, 4.69) is 44.6 Å². The second kappa shape index (κ2) is 17.4. The Morgan fingerprint density at radius 3 is 2.36 bits per heavy atom. The smallest absolute Gasteiger partial charge is 0.321 e. The maximum Gasteiger partial charge on any atom is 0.321 e. The van der Waals surface area contributed by atoms with Crippen molar-refractivity contribution in [1.29, 1.82) is 0 Å². The third-order valence-corrected chi connectivity index (χ3v) is 6.02. The number of rotatable bonds is 18. The third-order valence-electron chi connectivity index (χ3n) is 6.02. The Morgan fingerprint density at radius 1 is 0.972 bits per heavy atom. The molecule has 36 heavy (non-hydrogen) atoms. The fourth-order valence-corrected chi connectivity index (χ4v) is 3.91. The van der Waals surface area contributed by atoms with Crippen LogP contribution in [0.5, 0.6) is 5.75 Å². The number of hydrogen-bond acceptors (Lipinski definition) is 5. The molecule has 0 aliphatic carbocycles. The first-order chi connectivity index (χ1) is 17.5. The number of aromatic amines is 1. The molecule has 1 aromatic heterocycles. The molecule has 2 aromatic rings. The summed E-state index contributed by atoms with van der Waals surface area (Å²) in [5, 5.41) is 5.37. The lowest BCUT2D eigenvalue weighted by Crippen LogP contribution is -2.31. The molecule has 8 heteroatoms. The summed E-state index contributed by atoms with van der Waals surface area (Å²) >= 11 is 0. The van der Waals surface area contributed by atoms with Crippen LogP contribution in [-0.4, -0.2) is 43.2 Å². The summed E-state index contributed by atoms with van der Waals surface area (Å²) in [5.74, 6) is 1.15. The van der Waals surface area contributed by atoms with Gasteiger partial charge in [-0.3, -0.25) is 15.1 Å². The van der Waals surface area contributed by atoms with Crippen LogP contribution >= 0.6 is 0 Å². The minimum absolute atomic E-state index is 0.207. The van der Waals surface area contributed by atoms with Crippen LogP contribution in [0.4, 0.5) is 16.4 Å². The van der Waals surface area contributed by atoms with Crippen molar-refractivity contribution >= 4 is 17.7 Å². The molecular weight excluding hydrogens is 454 g/mol. The zero-order valence-corrected chi connectivity index (χ0v) is 22.4. The van der Waals surface area contributed by atoms with E-state index in [1.54, 1.807) is 0 Å². The van der Waals surface area contributed by atoms with E-state index in [1.165, 1.54) is 44.6 Å². The van der Waals surface area contributed by atoms with Gasteiger partial charge < -0.3 is 15.0 Å². The van der Waals surface area contributed by atoms with Crippen LogP contribution in [0.2, 0.25) is 0 Å². The van der Waals surface area contributed by atoms with Gasteiger partial charge in [0.2, 0.25) is 5.95 Å². The van der Waals surface area contributed by atoms with Crippen molar-refractivity contribution in [2.24, 2.45) is 0 Å². The average molecular weight is 500 g/mol. The lowest BCUT2D eigenvalue weighted by molar-refractivity contribution is 0.252. The van der Waals surface area contributed by atoms with E-state index in [4.69, 9.17) is 4.74 Å². The molecule has 1 heterocycles. The number of nitrogens with one attached hydrogen (secondary N) is 3. The molecule has 0 radical (unpaired) electrons. The molecule has 0 fully saturated rings. The van der Waals surface area contributed by atoms with Gasteiger partial charge in [0.25, 0.3) is 5.56 Å². The number of aryl methyl sites for hydroxylation is 1. The zero-order chi connectivity index (χ0) is 26.0.